The van der Waals surface area contributed by atoms with E-state index in [9.17, 15) is 4.79 Å². The predicted molar refractivity (Wildman–Crippen MR) is 122 cm³/mol. The molecule has 4 nitrogen and oxygen atoms in total. The maximum absolute atomic E-state index is 13.7. The molecular formula is C26H25N3O. The van der Waals surface area contributed by atoms with E-state index in [4.69, 9.17) is 0 Å². The first-order valence-electron chi connectivity index (χ1n) is 10.4. The number of carbonyl (C=O) groups excluding carboxylic acids is 1. The first-order valence-corrected chi connectivity index (χ1v) is 10.4. The number of para-hydroxylation sites is 1. The van der Waals surface area contributed by atoms with Gasteiger partial charge in [0, 0.05) is 48.5 Å². The number of fused-ring (bicyclic) bond motifs is 3. The predicted octanol–water partition coefficient (Wildman–Crippen LogP) is 5.02. The summed E-state index contributed by atoms with van der Waals surface area (Å²) >= 11 is 0. The van der Waals surface area contributed by atoms with Gasteiger partial charge in [-0.1, -0.05) is 54.6 Å². The van der Waals surface area contributed by atoms with E-state index < -0.39 is 0 Å². The van der Waals surface area contributed by atoms with Crippen LogP contribution in [0.1, 0.15) is 33.2 Å². The van der Waals surface area contributed by atoms with E-state index in [0.29, 0.717) is 6.54 Å². The third-order valence-electron chi connectivity index (χ3n) is 6.02. The lowest BCUT2D eigenvalue weighted by molar-refractivity contribution is 0.0692. The van der Waals surface area contributed by atoms with Crippen molar-refractivity contribution in [1.82, 2.24) is 9.88 Å². The van der Waals surface area contributed by atoms with Crippen molar-refractivity contribution >= 4 is 22.5 Å². The normalized spacial score (nSPS) is 15.8. The van der Waals surface area contributed by atoms with Gasteiger partial charge in [-0.25, -0.2) is 0 Å². The molecule has 4 aromatic rings. The Hall–Kier alpha value is -3.53. The minimum absolute atomic E-state index is 0.0665. The lowest BCUT2D eigenvalue weighted by Crippen LogP contribution is -2.40. The highest BCUT2D eigenvalue weighted by molar-refractivity contribution is 5.96. The van der Waals surface area contributed by atoms with Crippen LogP contribution in [0.15, 0.2) is 78.9 Å². The van der Waals surface area contributed by atoms with E-state index in [2.05, 4.69) is 41.4 Å². The number of nitrogens with zero attached hydrogens (tertiary/aromatic N) is 2. The SMILES string of the molecule is CN(C)c1cccc(C(=O)N2CCc3c([nH]c4ccccc34)C2c2ccccc2)c1. The number of aromatic nitrogens is 1. The van der Waals surface area contributed by atoms with Crippen LogP contribution in [0.3, 0.4) is 0 Å². The molecule has 0 saturated carbocycles. The Labute approximate surface area is 176 Å². The molecule has 0 saturated heterocycles. The molecule has 1 N–H and O–H groups in total. The van der Waals surface area contributed by atoms with Gasteiger partial charge >= 0.3 is 0 Å². The summed E-state index contributed by atoms with van der Waals surface area (Å²) in [4.78, 5) is 21.3. The van der Waals surface area contributed by atoms with Crippen molar-refractivity contribution in [3.8, 4) is 0 Å². The lowest BCUT2D eigenvalue weighted by atomic mass is 9.91. The maximum atomic E-state index is 13.7. The molecule has 4 heteroatoms. The Balaban J connectivity index is 1.63. The number of benzene rings is 3. The first kappa shape index (κ1) is 18.5. The highest BCUT2D eigenvalue weighted by atomic mass is 16.2. The van der Waals surface area contributed by atoms with Crippen molar-refractivity contribution in [2.45, 2.75) is 12.5 Å². The number of carbonyl (C=O) groups is 1. The zero-order chi connectivity index (χ0) is 20.7. The minimum Gasteiger partial charge on any atom is -0.378 e. The number of anilines is 1. The van der Waals surface area contributed by atoms with E-state index >= 15 is 0 Å². The molecular weight excluding hydrogens is 370 g/mol. The molecule has 1 aromatic heterocycles. The Morgan fingerprint density at radius 2 is 1.73 bits per heavy atom. The average molecular weight is 396 g/mol. The summed E-state index contributed by atoms with van der Waals surface area (Å²) < 4.78 is 0. The Morgan fingerprint density at radius 3 is 2.53 bits per heavy atom. The highest BCUT2D eigenvalue weighted by Crippen LogP contribution is 2.39. The first-order chi connectivity index (χ1) is 14.6. The van der Waals surface area contributed by atoms with Crippen LogP contribution in [0.2, 0.25) is 0 Å². The zero-order valence-electron chi connectivity index (χ0n) is 17.3. The molecule has 3 aromatic carbocycles. The highest BCUT2D eigenvalue weighted by Gasteiger charge is 2.34. The second kappa shape index (κ2) is 7.38. The monoisotopic (exact) mass is 395 g/mol. The number of hydrogen-bond donors (Lipinski definition) is 1. The quantitative estimate of drug-likeness (QED) is 0.529. The Morgan fingerprint density at radius 1 is 0.967 bits per heavy atom. The number of hydrogen-bond acceptors (Lipinski definition) is 2. The van der Waals surface area contributed by atoms with Gasteiger partial charge in [-0.05, 0) is 41.8 Å². The Bertz CT molecular complexity index is 1210. The van der Waals surface area contributed by atoms with Crippen LogP contribution in [0.5, 0.6) is 0 Å². The number of nitrogens with one attached hydrogen (secondary N) is 1. The molecule has 1 aliphatic heterocycles. The summed E-state index contributed by atoms with van der Waals surface area (Å²) in [7, 11) is 3.99. The van der Waals surface area contributed by atoms with E-state index in [0.717, 1.165) is 34.4 Å². The summed E-state index contributed by atoms with van der Waals surface area (Å²) in [5.74, 6) is 0.0665. The molecule has 1 amide bonds. The van der Waals surface area contributed by atoms with E-state index in [1.165, 1.54) is 10.9 Å². The van der Waals surface area contributed by atoms with Crippen LogP contribution < -0.4 is 4.90 Å². The lowest BCUT2D eigenvalue weighted by Gasteiger charge is -2.36. The third-order valence-corrected chi connectivity index (χ3v) is 6.02. The summed E-state index contributed by atoms with van der Waals surface area (Å²) in [5, 5.41) is 1.26. The van der Waals surface area contributed by atoms with Gasteiger partial charge in [0.1, 0.15) is 0 Å². The molecule has 0 aliphatic carbocycles. The van der Waals surface area contributed by atoms with Gasteiger partial charge in [0.05, 0.1) is 6.04 Å². The molecule has 1 aliphatic rings. The minimum atomic E-state index is -0.127. The number of amides is 1. The van der Waals surface area contributed by atoms with E-state index in [1.807, 2.05) is 66.4 Å². The summed E-state index contributed by atoms with van der Waals surface area (Å²) in [5.41, 5.74) is 6.47. The van der Waals surface area contributed by atoms with Crippen molar-refractivity contribution in [3.05, 3.63) is 101 Å². The average Bonchev–Trinajstić information content (AvgIpc) is 3.17. The van der Waals surface area contributed by atoms with Crippen molar-refractivity contribution < 1.29 is 4.79 Å². The van der Waals surface area contributed by atoms with Crippen molar-refractivity contribution in [3.63, 3.8) is 0 Å². The molecule has 0 bridgehead atoms. The molecule has 0 fully saturated rings. The zero-order valence-corrected chi connectivity index (χ0v) is 17.3. The smallest absolute Gasteiger partial charge is 0.254 e. The van der Waals surface area contributed by atoms with Gasteiger partial charge in [-0.3, -0.25) is 4.79 Å². The van der Waals surface area contributed by atoms with Crippen LogP contribution >= 0.6 is 0 Å². The standard InChI is InChI=1S/C26H25N3O/c1-28(2)20-12-8-11-19(17-20)26(30)29-16-15-22-21-13-6-7-14-23(21)27-24(22)25(29)18-9-4-3-5-10-18/h3-14,17,25,27H,15-16H2,1-2H3. The largest absolute Gasteiger partial charge is 0.378 e. The van der Waals surface area contributed by atoms with Crippen LogP contribution in [0, 0.1) is 0 Å². The third kappa shape index (κ3) is 3.05. The summed E-state index contributed by atoms with van der Waals surface area (Å²) in [6.45, 7) is 0.694. The number of aromatic amines is 1. The molecule has 150 valence electrons. The van der Waals surface area contributed by atoms with Crippen molar-refractivity contribution in [1.29, 1.82) is 0 Å². The fraction of sp³-hybridized carbons (Fsp3) is 0.192. The molecule has 5 rings (SSSR count). The second-order valence-corrected chi connectivity index (χ2v) is 8.07. The maximum Gasteiger partial charge on any atom is 0.254 e. The van der Waals surface area contributed by atoms with Gasteiger partial charge in [0.2, 0.25) is 0 Å². The van der Waals surface area contributed by atoms with Crippen LogP contribution in [-0.4, -0.2) is 36.4 Å². The fourth-order valence-electron chi connectivity index (χ4n) is 4.52. The van der Waals surface area contributed by atoms with Gasteiger partial charge in [0.15, 0.2) is 0 Å². The number of H-pyrrole nitrogens is 1. The van der Waals surface area contributed by atoms with Gasteiger partial charge in [-0.15, -0.1) is 0 Å². The summed E-state index contributed by atoms with van der Waals surface area (Å²) in [6, 6.07) is 26.5. The fourth-order valence-corrected chi connectivity index (χ4v) is 4.52. The van der Waals surface area contributed by atoms with Gasteiger partial charge in [-0.2, -0.15) is 0 Å². The van der Waals surface area contributed by atoms with Crippen LogP contribution in [0.4, 0.5) is 5.69 Å². The van der Waals surface area contributed by atoms with Crippen LogP contribution in [0.25, 0.3) is 10.9 Å². The van der Waals surface area contributed by atoms with Crippen molar-refractivity contribution in [2.75, 3.05) is 25.5 Å². The topological polar surface area (TPSA) is 39.3 Å². The van der Waals surface area contributed by atoms with Crippen molar-refractivity contribution in [2.24, 2.45) is 0 Å². The molecule has 30 heavy (non-hydrogen) atoms. The summed E-state index contributed by atoms with van der Waals surface area (Å²) in [6.07, 6.45) is 0.849. The molecule has 2 heterocycles. The van der Waals surface area contributed by atoms with E-state index in [-0.39, 0.29) is 11.9 Å². The molecule has 1 atom stereocenters. The second-order valence-electron chi connectivity index (χ2n) is 8.07. The molecule has 1 unspecified atom stereocenters. The number of rotatable bonds is 3. The van der Waals surface area contributed by atoms with Gasteiger partial charge < -0.3 is 14.8 Å². The molecule has 0 radical (unpaired) electrons. The van der Waals surface area contributed by atoms with E-state index in [1.54, 1.807) is 0 Å². The Kier molecular flexibility index (Phi) is 4.55. The van der Waals surface area contributed by atoms with Crippen LogP contribution in [-0.2, 0) is 6.42 Å². The molecule has 0 spiro atoms. The van der Waals surface area contributed by atoms with Gasteiger partial charge in [0.25, 0.3) is 5.91 Å².